The van der Waals surface area contributed by atoms with Crippen molar-refractivity contribution >= 4 is 5.97 Å². The van der Waals surface area contributed by atoms with Crippen molar-refractivity contribution in [3.05, 3.63) is 155 Å². The average molecular weight is 851 g/mol. The fourth-order valence-corrected chi connectivity index (χ4v) is 13.3. The van der Waals surface area contributed by atoms with E-state index in [4.69, 9.17) is 23.7 Å². The zero-order valence-corrected chi connectivity index (χ0v) is 38.3. The van der Waals surface area contributed by atoms with Crippen molar-refractivity contribution in [3.63, 3.8) is 0 Å². The van der Waals surface area contributed by atoms with Gasteiger partial charge in [0, 0.05) is 24.2 Å². The molecule has 4 aromatic carbocycles. The van der Waals surface area contributed by atoms with Crippen molar-refractivity contribution in [2.24, 2.45) is 52.3 Å². The topological polar surface area (TPSA) is 63.2 Å². The lowest BCUT2D eigenvalue weighted by molar-refractivity contribution is -0.282. The summed E-state index contributed by atoms with van der Waals surface area (Å²) in [7, 11) is 0. The van der Waals surface area contributed by atoms with Gasteiger partial charge in [0.15, 0.2) is 0 Å². The van der Waals surface area contributed by atoms with Crippen molar-refractivity contribution in [2.45, 2.75) is 137 Å². The Hall–Kier alpha value is -4.07. The molecule has 0 bridgehead atoms. The lowest BCUT2D eigenvalue weighted by Gasteiger charge is -2.66. The monoisotopic (exact) mass is 851 g/mol. The minimum atomic E-state index is -0.209. The molecule has 4 aliphatic carbocycles. The molecule has 1 aliphatic heterocycles. The van der Waals surface area contributed by atoms with Crippen LogP contribution in [0.2, 0.25) is 0 Å². The number of hydrogen-bond acceptors (Lipinski definition) is 6. The summed E-state index contributed by atoms with van der Waals surface area (Å²) in [4.78, 5) is 13.1. The van der Waals surface area contributed by atoms with Crippen LogP contribution < -0.4 is 0 Å². The molecule has 3 saturated carbocycles. The number of fused-ring (bicyclic) bond motifs is 5. The molecule has 6 nitrogen and oxygen atoms in total. The van der Waals surface area contributed by atoms with Crippen LogP contribution in [0, 0.1) is 52.3 Å². The maximum atomic E-state index is 13.1. The summed E-state index contributed by atoms with van der Waals surface area (Å²) in [6.45, 7) is 14.1. The van der Waals surface area contributed by atoms with Gasteiger partial charge in [-0.25, -0.2) is 0 Å². The second kappa shape index (κ2) is 19.2. The Morgan fingerprint density at radius 1 is 0.619 bits per heavy atom. The molecule has 7 unspecified atom stereocenters. The third-order valence-corrected chi connectivity index (χ3v) is 16.8. The van der Waals surface area contributed by atoms with Gasteiger partial charge in [-0.3, -0.25) is 4.79 Å². The summed E-state index contributed by atoms with van der Waals surface area (Å²) in [5, 5.41) is 0. The highest BCUT2D eigenvalue weighted by atomic mass is 16.5. The highest BCUT2D eigenvalue weighted by Crippen LogP contribution is 2.68. The molecule has 0 aromatic heterocycles. The molecule has 1 heterocycles. The predicted molar refractivity (Wildman–Crippen MR) is 248 cm³/mol. The number of carbonyl (C=O) groups is 1. The standard InChI is InChI=1S/C57H70O6/c1-38(2)44-30-50(63-52(58)31-44)39(3)46-26-27-47-53-48(28-29-56(46,47)4)57(5)49(54(61-36-42-22-14-8-15-23-42)55(53)62-37-43-24-16-9-17-25-43)32-45(59-34-40-18-10-6-11-19-40)33-51(57)60-35-41-20-12-7-13-21-41/h6-26,38-39,44-45,47-51,53-55H,27-37H2,1-5H3/t39-,44?,45+,47?,48?,49?,50?,51+,53?,54-,55?,56-,57-/m1/s1. The van der Waals surface area contributed by atoms with Crippen LogP contribution in [0.15, 0.2) is 133 Å². The first-order chi connectivity index (χ1) is 30.6. The molecule has 0 N–H and O–H groups in total. The minimum absolute atomic E-state index is 0.000489. The van der Waals surface area contributed by atoms with Gasteiger partial charge < -0.3 is 23.7 Å². The molecule has 5 aliphatic rings. The number of cyclic esters (lactones) is 1. The lowest BCUT2D eigenvalue weighted by atomic mass is 9.42. The van der Waals surface area contributed by atoms with Crippen LogP contribution in [0.4, 0.5) is 0 Å². The largest absolute Gasteiger partial charge is 0.462 e. The quantitative estimate of drug-likeness (QED) is 0.0877. The Morgan fingerprint density at radius 2 is 1.14 bits per heavy atom. The summed E-state index contributed by atoms with van der Waals surface area (Å²) >= 11 is 0. The van der Waals surface area contributed by atoms with E-state index in [0.29, 0.717) is 56.5 Å². The summed E-state index contributed by atoms with van der Waals surface area (Å²) in [6, 6.07) is 42.6. The first-order valence-electron chi connectivity index (χ1n) is 24.1. The third-order valence-electron chi connectivity index (χ3n) is 16.8. The average Bonchev–Trinajstić information content (AvgIpc) is 3.67. The second-order valence-corrected chi connectivity index (χ2v) is 20.6. The zero-order chi connectivity index (χ0) is 43.6. The SMILES string of the molecule is CC(C)C1CC(=O)OC([C@H](C)C2=CCC3C4C(OCc5ccccc5)[C@H](OCc5ccccc5)C5C[C@H](OCc6ccccc6)C[C@H](OCc6ccccc6)[C@]5(C)C4CC[C@]23C)C1. The van der Waals surface area contributed by atoms with Gasteiger partial charge in [-0.2, -0.15) is 0 Å². The summed E-state index contributed by atoms with van der Waals surface area (Å²) in [5.74, 6) is 1.96. The number of allylic oxidation sites excluding steroid dienone is 1. The maximum absolute atomic E-state index is 13.1. The third kappa shape index (κ3) is 9.12. The van der Waals surface area contributed by atoms with E-state index in [9.17, 15) is 4.79 Å². The van der Waals surface area contributed by atoms with Gasteiger partial charge in [0.05, 0.1) is 50.8 Å². The van der Waals surface area contributed by atoms with Crippen LogP contribution in [-0.4, -0.2) is 36.5 Å². The van der Waals surface area contributed by atoms with Crippen LogP contribution in [-0.2, 0) is 54.9 Å². The van der Waals surface area contributed by atoms with Gasteiger partial charge in [0.25, 0.3) is 0 Å². The van der Waals surface area contributed by atoms with Crippen LogP contribution in [0.5, 0.6) is 0 Å². The summed E-state index contributed by atoms with van der Waals surface area (Å²) in [6.07, 6.45) is 8.41. The Morgan fingerprint density at radius 3 is 1.70 bits per heavy atom. The Labute approximate surface area is 377 Å². The molecule has 9 rings (SSSR count). The molecular weight excluding hydrogens is 781 g/mol. The van der Waals surface area contributed by atoms with Crippen LogP contribution in [0.25, 0.3) is 0 Å². The molecule has 334 valence electrons. The molecule has 4 aromatic rings. The van der Waals surface area contributed by atoms with Gasteiger partial charge in [0.2, 0.25) is 0 Å². The van der Waals surface area contributed by atoms with Crippen LogP contribution in [0.1, 0.15) is 102 Å². The van der Waals surface area contributed by atoms with E-state index in [1.807, 2.05) is 0 Å². The number of ether oxygens (including phenoxy) is 5. The fourth-order valence-electron chi connectivity index (χ4n) is 13.3. The Bertz CT molecular complexity index is 2120. The Kier molecular flexibility index (Phi) is 13.4. The van der Waals surface area contributed by atoms with E-state index in [1.54, 1.807) is 0 Å². The zero-order valence-electron chi connectivity index (χ0n) is 38.3. The molecule has 63 heavy (non-hydrogen) atoms. The maximum Gasteiger partial charge on any atom is 0.306 e. The van der Waals surface area contributed by atoms with Crippen LogP contribution >= 0.6 is 0 Å². The highest BCUT2D eigenvalue weighted by Gasteiger charge is 2.68. The van der Waals surface area contributed by atoms with Gasteiger partial charge in [-0.15, -0.1) is 0 Å². The van der Waals surface area contributed by atoms with E-state index in [2.05, 4.69) is 162 Å². The molecular formula is C57H70O6. The molecule has 13 atom stereocenters. The normalized spacial score (nSPS) is 34.3. The summed E-state index contributed by atoms with van der Waals surface area (Å²) in [5.41, 5.74) is 5.94. The van der Waals surface area contributed by atoms with Crippen molar-refractivity contribution in [2.75, 3.05) is 0 Å². The van der Waals surface area contributed by atoms with E-state index >= 15 is 0 Å². The van der Waals surface area contributed by atoms with Gasteiger partial charge in [-0.1, -0.05) is 168 Å². The highest BCUT2D eigenvalue weighted by molar-refractivity contribution is 5.70. The first-order valence-corrected chi connectivity index (χ1v) is 24.1. The predicted octanol–water partition coefficient (Wildman–Crippen LogP) is 12.4. The number of esters is 1. The first kappa shape index (κ1) is 44.1. The number of carbonyl (C=O) groups excluding carboxylic acids is 1. The number of rotatable bonds is 15. The lowest BCUT2D eigenvalue weighted by Crippen LogP contribution is -2.69. The van der Waals surface area contributed by atoms with Gasteiger partial charge >= 0.3 is 5.97 Å². The Balaban J connectivity index is 1.10. The van der Waals surface area contributed by atoms with Gasteiger partial charge in [0.1, 0.15) is 6.10 Å². The molecule has 0 radical (unpaired) electrons. The molecule has 1 saturated heterocycles. The van der Waals surface area contributed by atoms with E-state index in [0.717, 1.165) is 38.5 Å². The second-order valence-electron chi connectivity index (χ2n) is 20.6. The van der Waals surface area contributed by atoms with E-state index < -0.39 is 0 Å². The van der Waals surface area contributed by atoms with Crippen molar-refractivity contribution in [1.82, 2.24) is 0 Å². The molecule has 0 amide bonds. The summed E-state index contributed by atoms with van der Waals surface area (Å²) < 4.78 is 35.5. The molecule has 6 heteroatoms. The smallest absolute Gasteiger partial charge is 0.306 e. The van der Waals surface area contributed by atoms with E-state index in [1.165, 1.54) is 27.8 Å². The molecule has 0 spiro atoms. The van der Waals surface area contributed by atoms with Gasteiger partial charge in [-0.05, 0) is 95.3 Å². The van der Waals surface area contributed by atoms with Crippen molar-refractivity contribution < 1.29 is 28.5 Å². The number of hydrogen-bond donors (Lipinski definition) is 0. The minimum Gasteiger partial charge on any atom is -0.462 e. The van der Waals surface area contributed by atoms with Crippen molar-refractivity contribution in [1.29, 1.82) is 0 Å². The fraction of sp³-hybridized carbons (Fsp3) is 0.526. The number of benzene rings is 4. The molecule has 4 fully saturated rings. The van der Waals surface area contributed by atoms with E-state index in [-0.39, 0.29) is 65.1 Å². The van der Waals surface area contributed by atoms with Crippen LogP contribution in [0.3, 0.4) is 0 Å². The van der Waals surface area contributed by atoms with Crippen molar-refractivity contribution in [3.8, 4) is 0 Å².